The van der Waals surface area contributed by atoms with Crippen LogP contribution in [-0.2, 0) is 16.2 Å². The van der Waals surface area contributed by atoms with E-state index in [2.05, 4.69) is 0 Å². The lowest BCUT2D eigenvalue weighted by atomic mass is 10.1. The minimum Gasteiger partial charge on any atom is -0.489 e. The average molecular weight is 411 g/mol. The third kappa shape index (κ3) is 4.30. The van der Waals surface area contributed by atoms with Gasteiger partial charge in [0.2, 0.25) is 0 Å². The van der Waals surface area contributed by atoms with E-state index in [0.29, 0.717) is 11.3 Å². The molecule has 0 atom stereocenters. The zero-order valence-electron chi connectivity index (χ0n) is 15.7. The van der Waals surface area contributed by atoms with Gasteiger partial charge in [-0.15, -0.1) is 0 Å². The Balaban J connectivity index is 1.69. The fraction of sp³-hybridized carbons (Fsp3) is 0.150. The summed E-state index contributed by atoms with van der Waals surface area (Å²) >= 11 is 5.06. The minimum atomic E-state index is -0.456. The van der Waals surface area contributed by atoms with Crippen LogP contribution in [0.1, 0.15) is 11.1 Å². The molecular formula is C20H17N3O5S. The van der Waals surface area contributed by atoms with Gasteiger partial charge in [0, 0.05) is 26.2 Å². The van der Waals surface area contributed by atoms with Crippen molar-refractivity contribution in [3.8, 4) is 5.75 Å². The van der Waals surface area contributed by atoms with Gasteiger partial charge in [-0.3, -0.25) is 29.5 Å². The number of benzene rings is 2. The summed E-state index contributed by atoms with van der Waals surface area (Å²) < 4.78 is 5.67. The van der Waals surface area contributed by atoms with Crippen LogP contribution in [0.25, 0.3) is 6.08 Å². The van der Waals surface area contributed by atoms with E-state index in [1.807, 2.05) is 0 Å². The van der Waals surface area contributed by atoms with E-state index in [1.54, 1.807) is 36.4 Å². The van der Waals surface area contributed by atoms with E-state index >= 15 is 0 Å². The van der Waals surface area contributed by atoms with Crippen molar-refractivity contribution in [1.82, 2.24) is 9.80 Å². The second-order valence-corrected chi connectivity index (χ2v) is 6.72. The van der Waals surface area contributed by atoms with Gasteiger partial charge in [0.05, 0.1) is 4.92 Å². The number of ether oxygens (including phenoxy) is 1. The molecule has 9 heteroatoms. The number of amides is 2. The van der Waals surface area contributed by atoms with Crippen LogP contribution in [0.15, 0.2) is 54.1 Å². The van der Waals surface area contributed by atoms with Crippen molar-refractivity contribution >= 4 is 40.9 Å². The molecule has 8 nitrogen and oxygen atoms in total. The normalized spacial score (nSPS) is 14.3. The quantitative estimate of drug-likeness (QED) is 0.247. The number of nitro benzene ring substituents is 1. The lowest BCUT2D eigenvalue weighted by Crippen LogP contribution is -2.52. The lowest BCUT2D eigenvalue weighted by molar-refractivity contribution is -0.384. The van der Waals surface area contributed by atoms with Crippen LogP contribution in [0, 0.1) is 10.1 Å². The monoisotopic (exact) mass is 411 g/mol. The highest BCUT2D eigenvalue weighted by atomic mass is 32.1. The van der Waals surface area contributed by atoms with Gasteiger partial charge in [-0.25, -0.2) is 0 Å². The second kappa shape index (κ2) is 8.19. The summed E-state index contributed by atoms with van der Waals surface area (Å²) in [6.07, 6.45) is 1.51. The van der Waals surface area contributed by atoms with Crippen molar-refractivity contribution in [1.29, 1.82) is 0 Å². The Morgan fingerprint density at radius 1 is 1.00 bits per heavy atom. The summed E-state index contributed by atoms with van der Waals surface area (Å²) in [4.78, 5) is 37.4. The Morgan fingerprint density at radius 3 is 2.07 bits per heavy atom. The third-order valence-corrected chi connectivity index (χ3v) is 4.94. The van der Waals surface area contributed by atoms with Gasteiger partial charge in [0.25, 0.3) is 17.5 Å². The molecule has 1 aliphatic heterocycles. The molecule has 0 aromatic heterocycles. The summed E-state index contributed by atoms with van der Waals surface area (Å²) in [7, 11) is 3.05. The predicted molar refractivity (Wildman–Crippen MR) is 110 cm³/mol. The second-order valence-electron chi connectivity index (χ2n) is 6.35. The number of hydrogen-bond acceptors (Lipinski definition) is 6. The number of nitro groups is 1. The van der Waals surface area contributed by atoms with Crippen LogP contribution < -0.4 is 4.74 Å². The van der Waals surface area contributed by atoms with Crippen LogP contribution in [-0.4, -0.2) is 45.7 Å². The number of likely N-dealkylation sites (N-methyl/N-ethyl adjacent to an activating group) is 2. The van der Waals surface area contributed by atoms with Gasteiger partial charge in [0.1, 0.15) is 17.9 Å². The maximum atomic E-state index is 12.3. The van der Waals surface area contributed by atoms with Crippen LogP contribution in [0.4, 0.5) is 5.69 Å². The van der Waals surface area contributed by atoms with Crippen molar-refractivity contribution in [3.63, 3.8) is 0 Å². The molecule has 1 aliphatic rings. The van der Waals surface area contributed by atoms with Crippen LogP contribution in [0.2, 0.25) is 0 Å². The number of thiocarbonyl (C=S) groups is 1. The van der Waals surface area contributed by atoms with Crippen molar-refractivity contribution in [2.24, 2.45) is 0 Å². The molecule has 0 radical (unpaired) electrons. The summed E-state index contributed by atoms with van der Waals surface area (Å²) in [5.74, 6) is -0.310. The molecule has 29 heavy (non-hydrogen) atoms. The van der Waals surface area contributed by atoms with Crippen molar-refractivity contribution in [3.05, 3.63) is 75.3 Å². The number of hydrogen-bond donors (Lipinski definition) is 0. The molecule has 2 aromatic rings. The van der Waals surface area contributed by atoms with E-state index in [0.717, 1.165) is 5.56 Å². The minimum absolute atomic E-state index is 0.0231. The maximum Gasteiger partial charge on any atom is 0.269 e. The number of carbonyl (C=O) groups excluding carboxylic acids is 2. The average Bonchev–Trinajstić information content (AvgIpc) is 2.73. The SMILES string of the molecule is CN1C(=O)C(=Cc2ccc(OCc3ccc([N+](=O)[O-])cc3)cc2)C(=O)N(C)C1=S. The smallest absolute Gasteiger partial charge is 0.269 e. The summed E-state index contributed by atoms with van der Waals surface area (Å²) in [5.41, 5.74) is 1.51. The molecule has 0 unspecified atom stereocenters. The highest BCUT2D eigenvalue weighted by molar-refractivity contribution is 7.80. The van der Waals surface area contributed by atoms with E-state index in [-0.39, 0.29) is 23.0 Å². The number of non-ortho nitro benzene ring substituents is 1. The van der Waals surface area contributed by atoms with Gasteiger partial charge in [-0.05, 0) is 53.7 Å². The van der Waals surface area contributed by atoms with E-state index in [4.69, 9.17) is 17.0 Å². The Hall–Kier alpha value is -3.59. The first-order valence-corrected chi connectivity index (χ1v) is 8.96. The summed E-state index contributed by atoms with van der Waals surface area (Å²) in [6.45, 7) is 0.252. The van der Waals surface area contributed by atoms with E-state index < -0.39 is 16.7 Å². The van der Waals surface area contributed by atoms with E-state index in [1.165, 1.54) is 42.1 Å². The van der Waals surface area contributed by atoms with Gasteiger partial charge in [-0.2, -0.15) is 0 Å². The largest absolute Gasteiger partial charge is 0.489 e. The van der Waals surface area contributed by atoms with Crippen LogP contribution in [0.3, 0.4) is 0 Å². The van der Waals surface area contributed by atoms with Crippen molar-refractivity contribution < 1.29 is 19.2 Å². The molecule has 0 N–H and O–H groups in total. The number of nitrogens with zero attached hydrogens (tertiary/aromatic N) is 3. The first-order valence-electron chi connectivity index (χ1n) is 8.56. The van der Waals surface area contributed by atoms with E-state index in [9.17, 15) is 19.7 Å². The summed E-state index contributed by atoms with van der Waals surface area (Å²) in [6, 6.07) is 13.0. The van der Waals surface area contributed by atoms with Crippen LogP contribution in [0.5, 0.6) is 5.75 Å². The Morgan fingerprint density at radius 2 is 1.55 bits per heavy atom. The molecule has 0 spiro atoms. The standard InChI is InChI=1S/C20H17N3O5S/c1-21-18(24)17(19(25)22(2)20(21)29)11-13-5-9-16(10-6-13)28-12-14-3-7-15(8-4-14)23(26)27/h3-11H,12H2,1-2H3. The molecule has 2 amide bonds. The first kappa shape index (κ1) is 20.2. The van der Waals surface area contributed by atoms with Gasteiger partial charge >= 0.3 is 0 Å². The highest BCUT2D eigenvalue weighted by Gasteiger charge is 2.35. The summed E-state index contributed by atoms with van der Waals surface area (Å²) in [5, 5.41) is 10.8. The molecule has 3 rings (SSSR count). The fourth-order valence-electron chi connectivity index (χ4n) is 2.68. The molecule has 1 saturated heterocycles. The molecule has 1 heterocycles. The molecule has 2 aromatic carbocycles. The lowest BCUT2D eigenvalue weighted by Gasteiger charge is -2.31. The Bertz CT molecular complexity index is 989. The van der Waals surface area contributed by atoms with Crippen LogP contribution >= 0.6 is 12.2 Å². The molecule has 0 saturated carbocycles. The zero-order chi connectivity index (χ0) is 21.1. The van der Waals surface area contributed by atoms with Gasteiger partial charge < -0.3 is 4.74 Å². The van der Waals surface area contributed by atoms with Gasteiger partial charge in [-0.1, -0.05) is 12.1 Å². The molecular weight excluding hydrogens is 394 g/mol. The Kier molecular flexibility index (Phi) is 5.69. The maximum absolute atomic E-state index is 12.3. The zero-order valence-corrected chi connectivity index (χ0v) is 16.5. The molecule has 148 valence electrons. The number of rotatable bonds is 5. The third-order valence-electron chi connectivity index (χ3n) is 4.39. The fourth-order valence-corrected chi connectivity index (χ4v) is 2.85. The van der Waals surface area contributed by atoms with Crippen molar-refractivity contribution in [2.45, 2.75) is 6.61 Å². The highest BCUT2D eigenvalue weighted by Crippen LogP contribution is 2.21. The molecule has 0 aliphatic carbocycles. The topological polar surface area (TPSA) is 93.0 Å². The molecule has 1 fully saturated rings. The Labute approximate surface area is 172 Å². The van der Waals surface area contributed by atoms with Crippen molar-refractivity contribution in [2.75, 3.05) is 14.1 Å². The number of carbonyl (C=O) groups is 2. The predicted octanol–water partition coefficient (Wildman–Crippen LogP) is 2.77. The first-order chi connectivity index (χ1) is 13.8. The van der Waals surface area contributed by atoms with Gasteiger partial charge in [0.15, 0.2) is 5.11 Å². The molecule has 0 bridgehead atoms.